The van der Waals surface area contributed by atoms with E-state index < -0.39 is 0 Å². The van der Waals surface area contributed by atoms with E-state index in [0.717, 1.165) is 23.3 Å². The second-order valence-electron chi connectivity index (χ2n) is 5.53. The monoisotopic (exact) mass is 347 g/mol. The highest BCUT2D eigenvalue weighted by Gasteiger charge is 2.16. The van der Waals surface area contributed by atoms with Crippen LogP contribution in [0, 0.1) is 11.8 Å². The van der Waals surface area contributed by atoms with Crippen LogP contribution in [0.25, 0.3) is 0 Å². The summed E-state index contributed by atoms with van der Waals surface area (Å²) in [5.41, 5.74) is 0. The Morgan fingerprint density at radius 2 is 1.89 bits per heavy atom. The molecule has 0 saturated heterocycles. The van der Waals surface area contributed by atoms with E-state index in [9.17, 15) is 0 Å². The molecular weight excluding hydrogens is 326 g/mol. The summed E-state index contributed by atoms with van der Waals surface area (Å²) >= 11 is 9.60. The molecule has 0 bridgehead atoms. The molecule has 1 unspecified atom stereocenters. The molecular formula is C15H23BrClNO. The van der Waals surface area contributed by atoms with Crippen molar-refractivity contribution in [1.29, 1.82) is 0 Å². The fourth-order valence-electron chi connectivity index (χ4n) is 1.66. The molecule has 0 fully saturated rings. The first-order valence-corrected chi connectivity index (χ1v) is 7.89. The zero-order chi connectivity index (χ0) is 14.4. The Balaban J connectivity index is 2.64. The maximum atomic E-state index is 6.16. The molecule has 108 valence electrons. The van der Waals surface area contributed by atoms with Gasteiger partial charge in [0, 0.05) is 11.0 Å². The third kappa shape index (κ3) is 6.15. The first-order chi connectivity index (χ1) is 8.90. The minimum Gasteiger partial charge on any atom is -0.487 e. The molecule has 19 heavy (non-hydrogen) atoms. The first-order valence-electron chi connectivity index (χ1n) is 6.72. The number of hydrogen-bond donors (Lipinski definition) is 1. The number of hydrogen-bond acceptors (Lipinski definition) is 2. The first kappa shape index (κ1) is 16.8. The maximum absolute atomic E-state index is 6.16. The van der Waals surface area contributed by atoms with Crippen LogP contribution in [0.3, 0.4) is 0 Å². The number of rotatable bonds is 7. The highest BCUT2D eigenvalue weighted by molar-refractivity contribution is 9.10. The molecule has 1 atom stereocenters. The highest BCUT2D eigenvalue weighted by Crippen LogP contribution is 2.29. The Hall–Kier alpha value is -0.250. The van der Waals surface area contributed by atoms with Crippen molar-refractivity contribution in [2.75, 3.05) is 13.1 Å². The average Bonchev–Trinajstić information content (AvgIpc) is 2.31. The summed E-state index contributed by atoms with van der Waals surface area (Å²) in [5.74, 6) is 1.80. The van der Waals surface area contributed by atoms with Crippen LogP contribution in [0.4, 0.5) is 0 Å². The van der Waals surface area contributed by atoms with Gasteiger partial charge in [-0.15, -0.1) is 0 Å². The van der Waals surface area contributed by atoms with Crippen LogP contribution in [-0.2, 0) is 0 Å². The predicted octanol–water partition coefficient (Wildman–Crippen LogP) is 4.75. The Bertz CT molecular complexity index is 396. The highest BCUT2D eigenvalue weighted by atomic mass is 79.9. The lowest BCUT2D eigenvalue weighted by Gasteiger charge is -2.24. The summed E-state index contributed by atoms with van der Waals surface area (Å²) in [7, 11) is 0. The van der Waals surface area contributed by atoms with E-state index in [2.05, 4.69) is 48.9 Å². The molecule has 0 aromatic heterocycles. The molecule has 1 aromatic carbocycles. The van der Waals surface area contributed by atoms with Crippen molar-refractivity contribution in [3.63, 3.8) is 0 Å². The fourth-order valence-corrected chi connectivity index (χ4v) is 2.16. The molecule has 0 radical (unpaired) electrons. The van der Waals surface area contributed by atoms with E-state index in [-0.39, 0.29) is 6.10 Å². The van der Waals surface area contributed by atoms with E-state index in [1.165, 1.54) is 0 Å². The normalized spacial score (nSPS) is 13.1. The quantitative estimate of drug-likeness (QED) is 0.767. The molecule has 0 heterocycles. The van der Waals surface area contributed by atoms with Crippen LogP contribution in [0.2, 0.25) is 5.02 Å². The predicted molar refractivity (Wildman–Crippen MR) is 86.1 cm³/mol. The van der Waals surface area contributed by atoms with Crippen molar-refractivity contribution in [2.24, 2.45) is 11.8 Å². The Morgan fingerprint density at radius 1 is 1.21 bits per heavy atom. The van der Waals surface area contributed by atoms with E-state index in [1.807, 2.05) is 18.2 Å². The van der Waals surface area contributed by atoms with Gasteiger partial charge < -0.3 is 10.1 Å². The summed E-state index contributed by atoms with van der Waals surface area (Å²) in [5, 5.41) is 4.09. The average molecular weight is 349 g/mol. The van der Waals surface area contributed by atoms with Crippen LogP contribution in [0.1, 0.15) is 27.7 Å². The molecule has 0 aliphatic heterocycles. The summed E-state index contributed by atoms with van der Waals surface area (Å²) < 4.78 is 7.02. The third-order valence-corrected chi connectivity index (χ3v) is 3.62. The van der Waals surface area contributed by atoms with Crippen molar-refractivity contribution in [2.45, 2.75) is 33.8 Å². The second-order valence-corrected chi connectivity index (χ2v) is 6.85. The number of ether oxygens (including phenoxy) is 1. The minimum absolute atomic E-state index is 0.116. The molecule has 4 heteroatoms. The smallest absolute Gasteiger partial charge is 0.139 e. The lowest BCUT2D eigenvalue weighted by Crippen LogP contribution is -2.37. The maximum Gasteiger partial charge on any atom is 0.139 e. The van der Waals surface area contributed by atoms with Crippen molar-refractivity contribution in [3.8, 4) is 5.75 Å². The summed E-state index contributed by atoms with van der Waals surface area (Å²) in [4.78, 5) is 0. The van der Waals surface area contributed by atoms with Gasteiger partial charge in [-0.1, -0.05) is 55.2 Å². The molecule has 0 saturated carbocycles. The van der Waals surface area contributed by atoms with Gasteiger partial charge in [0.25, 0.3) is 0 Å². The third-order valence-electron chi connectivity index (χ3n) is 2.81. The molecule has 0 aliphatic carbocycles. The van der Waals surface area contributed by atoms with Crippen molar-refractivity contribution >= 4 is 27.5 Å². The molecule has 0 spiro atoms. The Morgan fingerprint density at radius 3 is 2.47 bits per heavy atom. The van der Waals surface area contributed by atoms with Crippen molar-refractivity contribution in [1.82, 2.24) is 5.32 Å². The van der Waals surface area contributed by atoms with Crippen LogP contribution >= 0.6 is 27.5 Å². The van der Waals surface area contributed by atoms with Gasteiger partial charge in [-0.25, -0.2) is 0 Å². The fraction of sp³-hybridized carbons (Fsp3) is 0.600. The summed E-state index contributed by atoms with van der Waals surface area (Å²) in [6.07, 6.45) is 0.116. The van der Waals surface area contributed by atoms with E-state index in [0.29, 0.717) is 16.9 Å². The zero-order valence-electron chi connectivity index (χ0n) is 12.0. The van der Waals surface area contributed by atoms with Gasteiger partial charge in [0.15, 0.2) is 0 Å². The molecule has 1 N–H and O–H groups in total. The van der Waals surface area contributed by atoms with Gasteiger partial charge in [0.05, 0.1) is 5.02 Å². The van der Waals surface area contributed by atoms with Gasteiger partial charge in [0.1, 0.15) is 11.9 Å². The Kier molecular flexibility index (Phi) is 7.19. The molecule has 1 aromatic rings. The number of benzene rings is 1. The van der Waals surface area contributed by atoms with E-state index in [4.69, 9.17) is 16.3 Å². The SMILES string of the molecule is CC(C)CNCC(Oc1cc(Br)ccc1Cl)C(C)C. The molecule has 0 amide bonds. The molecule has 2 nitrogen and oxygen atoms in total. The summed E-state index contributed by atoms with van der Waals surface area (Å²) in [6.45, 7) is 10.5. The standard InChI is InChI=1S/C15H23BrClNO/c1-10(2)8-18-9-15(11(3)4)19-14-7-12(16)5-6-13(14)17/h5-7,10-11,15,18H,8-9H2,1-4H3. The van der Waals surface area contributed by atoms with Crippen molar-refractivity contribution < 1.29 is 4.74 Å². The number of halogens is 2. The lowest BCUT2D eigenvalue weighted by molar-refractivity contribution is 0.148. The minimum atomic E-state index is 0.116. The topological polar surface area (TPSA) is 21.3 Å². The molecule has 0 aliphatic rings. The van der Waals surface area contributed by atoms with Gasteiger partial charge in [-0.3, -0.25) is 0 Å². The van der Waals surface area contributed by atoms with Gasteiger partial charge >= 0.3 is 0 Å². The van der Waals surface area contributed by atoms with E-state index >= 15 is 0 Å². The van der Waals surface area contributed by atoms with Gasteiger partial charge in [-0.2, -0.15) is 0 Å². The zero-order valence-corrected chi connectivity index (χ0v) is 14.4. The van der Waals surface area contributed by atoms with Gasteiger partial charge in [0.2, 0.25) is 0 Å². The van der Waals surface area contributed by atoms with Crippen LogP contribution < -0.4 is 10.1 Å². The Labute approximate surface area is 130 Å². The largest absolute Gasteiger partial charge is 0.487 e. The van der Waals surface area contributed by atoms with Crippen molar-refractivity contribution in [3.05, 3.63) is 27.7 Å². The van der Waals surface area contributed by atoms with Crippen LogP contribution in [-0.4, -0.2) is 19.2 Å². The van der Waals surface area contributed by atoms with Crippen LogP contribution in [0.15, 0.2) is 22.7 Å². The summed E-state index contributed by atoms with van der Waals surface area (Å²) in [6, 6.07) is 5.68. The second kappa shape index (κ2) is 8.13. The molecule has 1 rings (SSSR count). The van der Waals surface area contributed by atoms with Crippen LogP contribution in [0.5, 0.6) is 5.75 Å². The van der Waals surface area contributed by atoms with E-state index in [1.54, 1.807) is 0 Å². The number of nitrogens with one attached hydrogen (secondary N) is 1. The lowest BCUT2D eigenvalue weighted by atomic mass is 10.1. The van der Waals surface area contributed by atoms with Gasteiger partial charge in [-0.05, 0) is 36.6 Å².